The Balaban J connectivity index is 2.94. The summed E-state index contributed by atoms with van der Waals surface area (Å²) in [5, 5.41) is 0.473. The van der Waals surface area contributed by atoms with Crippen LogP contribution in [-0.2, 0) is 4.79 Å². The van der Waals surface area contributed by atoms with Crippen LogP contribution in [0.25, 0.3) is 5.03 Å². The first kappa shape index (κ1) is 8.02. The largest absolute Gasteiger partial charge is 0.299 e. The van der Waals surface area contributed by atoms with Crippen LogP contribution < -0.4 is 0 Å². The summed E-state index contributed by atoms with van der Waals surface area (Å²) in [7, 11) is 0. The van der Waals surface area contributed by atoms with Crippen LogP contribution in [0.4, 0.5) is 0 Å². The predicted molar refractivity (Wildman–Crippen MR) is 46.3 cm³/mol. The third-order valence-electron chi connectivity index (χ3n) is 1.26. The van der Waals surface area contributed by atoms with Crippen molar-refractivity contribution in [2.45, 2.75) is 0 Å². The molecular formula is C9H7ClO. The Kier molecular flexibility index (Phi) is 2.87. The van der Waals surface area contributed by atoms with E-state index >= 15 is 0 Å². The van der Waals surface area contributed by atoms with Gasteiger partial charge in [0, 0.05) is 0 Å². The molecule has 0 saturated carbocycles. The lowest BCUT2D eigenvalue weighted by atomic mass is 10.2. The topological polar surface area (TPSA) is 17.1 Å². The number of benzene rings is 1. The Morgan fingerprint density at radius 3 is 2.45 bits per heavy atom. The van der Waals surface area contributed by atoms with Gasteiger partial charge in [-0.15, -0.1) is 0 Å². The lowest BCUT2D eigenvalue weighted by Crippen LogP contribution is -1.75. The monoisotopic (exact) mass is 166 g/mol. The fourth-order valence-electron chi connectivity index (χ4n) is 0.753. The molecule has 1 rings (SSSR count). The Bertz CT molecular complexity index is 264. The van der Waals surface area contributed by atoms with Crippen molar-refractivity contribution in [3.05, 3.63) is 42.0 Å². The molecule has 0 heterocycles. The van der Waals surface area contributed by atoms with Crippen LogP contribution in [0.3, 0.4) is 0 Å². The van der Waals surface area contributed by atoms with Crippen molar-refractivity contribution in [1.82, 2.24) is 0 Å². The Labute approximate surface area is 70.3 Å². The second-order valence-corrected chi connectivity index (χ2v) is 2.42. The SMILES string of the molecule is O=C/C=C(\Cl)c1ccccc1. The Hall–Kier alpha value is -1.08. The van der Waals surface area contributed by atoms with Crippen LogP contribution in [0.2, 0.25) is 0 Å². The fraction of sp³-hybridized carbons (Fsp3) is 0. The summed E-state index contributed by atoms with van der Waals surface area (Å²) in [4.78, 5) is 10.0. The minimum Gasteiger partial charge on any atom is -0.299 e. The van der Waals surface area contributed by atoms with Crippen LogP contribution in [0.5, 0.6) is 0 Å². The molecule has 0 aliphatic rings. The molecular weight excluding hydrogens is 160 g/mol. The minimum atomic E-state index is 0.473. The second kappa shape index (κ2) is 3.94. The minimum absolute atomic E-state index is 0.473. The van der Waals surface area contributed by atoms with Gasteiger partial charge in [0.1, 0.15) is 6.29 Å². The van der Waals surface area contributed by atoms with Gasteiger partial charge in [-0.3, -0.25) is 4.79 Å². The van der Waals surface area contributed by atoms with Crippen molar-refractivity contribution in [3.63, 3.8) is 0 Å². The van der Waals surface area contributed by atoms with Crippen molar-refractivity contribution >= 4 is 22.9 Å². The van der Waals surface area contributed by atoms with Crippen LogP contribution in [0.1, 0.15) is 5.56 Å². The molecule has 56 valence electrons. The molecule has 0 N–H and O–H groups in total. The summed E-state index contributed by atoms with van der Waals surface area (Å²) < 4.78 is 0. The number of aldehydes is 1. The van der Waals surface area contributed by atoms with Gasteiger partial charge in [-0.25, -0.2) is 0 Å². The van der Waals surface area contributed by atoms with Gasteiger partial charge < -0.3 is 0 Å². The zero-order chi connectivity index (χ0) is 8.10. The maximum Gasteiger partial charge on any atom is 0.144 e. The van der Waals surface area contributed by atoms with Crippen molar-refractivity contribution in [2.24, 2.45) is 0 Å². The predicted octanol–water partition coefficient (Wildman–Crippen LogP) is 2.47. The van der Waals surface area contributed by atoms with Crippen molar-refractivity contribution < 1.29 is 4.79 Å². The van der Waals surface area contributed by atoms with Gasteiger partial charge in [-0.05, 0) is 11.6 Å². The number of carbonyl (C=O) groups is 1. The number of carbonyl (C=O) groups excluding carboxylic acids is 1. The zero-order valence-corrected chi connectivity index (χ0v) is 6.58. The highest BCUT2D eigenvalue weighted by molar-refractivity contribution is 6.49. The summed E-state index contributed by atoms with van der Waals surface area (Å²) in [5.74, 6) is 0. The third kappa shape index (κ3) is 2.20. The third-order valence-corrected chi connectivity index (χ3v) is 1.61. The van der Waals surface area contributed by atoms with Crippen LogP contribution in [-0.4, -0.2) is 6.29 Å². The van der Waals surface area contributed by atoms with Gasteiger partial charge >= 0.3 is 0 Å². The van der Waals surface area contributed by atoms with Crippen LogP contribution in [0.15, 0.2) is 36.4 Å². The Morgan fingerprint density at radius 1 is 1.27 bits per heavy atom. The normalized spacial score (nSPS) is 11.2. The number of allylic oxidation sites excluding steroid dienone is 1. The maximum atomic E-state index is 10.0. The van der Waals surface area contributed by atoms with E-state index < -0.39 is 0 Å². The van der Waals surface area contributed by atoms with E-state index in [9.17, 15) is 4.79 Å². The van der Waals surface area contributed by atoms with E-state index in [1.54, 1.807) is 0 Å². The number of hydrogen-bond donors (Lipinski definition) is 0. The molecule has 1 aromatic carbocycles. The zero-order valence-electron chi connectivity index (χ0n) is 5.83. The molecule has 0 spiro atoms. The van der Waals surface area contributed by atoms with E-state index in [-0.39, 0.29) is 0 Å². The second-order valence-electron chi connectivity index (χ2n) is 2.02. The van der Waals surface area contributed by atoms with Crippen LogP contribution in [0, 0.1) is 0 Å². The molecule has 1 nitrogen and oxygen atoms in total. The first-order valence-corrected chi connectivity index (χ1v) is 3.59. The quantitative estimate of drug-likeness (QED) is 0.487. The standard InChI is InChI=1S/C9H7ClO/c10-9(6-7-11)8-4-2-1-3-5-8/h1-7H/b9-6-. The smallest absolute Gasteiger partial charge is 0.144 e. The average molecular weight is 167 g/mol. The average Bonchev–Trinajstić information content (AvgIpc) is 2.07. The van der Waals surface area contributed by atoms with E-state index in [1.165, 1.54) is 6.08 Å². The first-order chi connectivity index (χ1) is 5.34. The summed E-state index contributed by atoms with van der Waals surface area (Å²) in [6.07, 6.45) is 2.01. The summed E-state index contributed by atoms with van der Waals surface area (Å²) in [6.45, 7) is 0. The summed E-state index contributed by atoms with van der Waals surface area (Å²) >= 11 is 5.74. The molecule has 0 fully saturated rings. The highest BCUT2D eigenvalue weighted by Crippen LogP contribution is 2.16. The lowest BCUT2D eigenvalue weighted by Gasteiger charge is -1.94. The lowest BCUT2D eigenvalue weighted by molar-refractivity contribution is -0.104. The van der Waals surface area contributed by atoms with E-state index in [0.717, 1.165) is 5.56 Å². The molecule has 0 unspecified atom stereocenters. The van der Waals surface area contributed by atoms with Gasteiger partial charge in [0.15, 0.2) is 0 Å². The van der Waals surface area contributed by atoms with Gasteiger partial charge in [0.2, 0.25) is 0 Å². The van der Waals surface area contributed by atoms with Gasteiger partial charge in [0.25, 0.3) is 0 Å². The van der Waals surface area contributed by atoms with E-state index in [1.807, 2.05) is 30.3 Å². The number of hydrogen-bond acceptors (Lipinski definition) is 1. The van der Waals surface area contributed by atoms with Crippen LogP contribution >= 0.6 is 11.6 Å². The molecule has 0 saturated heterocycles. The first-order valence-electron chi connectivity index (χ1n) is 3.21. The van der Waals surface area contributed by atoms with E-state index in [0.29, 0.717) is 11.3 Å². The van der Waals surface area contributed by atoms with Crippen molar-refractivity contribution in [3.8, 4) is 0 Å². The number of rotatable bonds is 2. The fourth-order valence-corrected chi connectivity index (χ4v) is 0.931. The van der Waals surface area contributed by atoms with E-state index in [4.69, 9.17) is 11.6 Å². The molecule has 0 bridgehead atoms. The molecule has 0 aromatic heterocycles. The highest BCUT2D eigenvalue weighted by atomic mass is 35.5. The Morgan fingerprint density at radius 2 is 1.91 bits per heavy atom. The van der Waals surface area contributed by atoms with E-state index in [2.05, 4.69) is 0 Å². The molecule has 1 aromatic rings. The van der Waals surface area contributed by atoms with Crippen molar-refractivity contribution in [1.29, 1.82) is 0 Å². The molecule has 0 radical (unpaired) electrons. The van der Waals surface area contributed by atoms with Gasteiger partial charge in [0.05, 0.1) is 5.03 Å². The van der Waals surface area contributed by atoms with Crippen molar-refractivity contribution in [2.75, 3.05) is 0 Å². The number of halogens is 1. The molecule has 0 atom stereocenters. The molecule has 11 heavy (non-hydrogen) atoms. The summed E-state index contributed by atoms with van der Waals surface area (Å²) in [6, 6.07) is 9.34. The van der Waals surface area contributed by atoms with Gasteiger partial charge in [-0.1, -0.05) is 41.9 Å². The molecule has 2 heteroatoms. The highest BCUT2D eigenvalue weighted by Gasteiger charge is 1.93. The van der Waals surface area contributed by atoms with Gasteiger partial charge in [-0.2, -0.15) is 0 Å². The maximum absolute atomic E-state index is 10.0. The molecule has 0 amide bonds. The summed E-state index contributed by atoms with van der Waals surface area (Å²) in [5.41, 5.74) is 0.862. The molecule has 0 aliphatic carbocycles. The molecule has 0 aliphatic heterocycles.